The molecule has 1 aromatic rings. The van der Waals surface area contributed by atoms with Crippen molar-refractivity contribution in [3.05, 3.63) is 29.8 Å². The molecule has 0 aliphatic heterocycles. The second kappa shape index (κ2) is 9.76. The van der Waals surface area contributed by atoms with Crippen LogP contribution in [0.4, 0.5) is 0 Å². The van der Waals surface area contributed by atoms with E-state index >= 15 is 0 Å². The molecule has 1 aromatic carbocycles. The molecule has 6 heteroatoms. The fourth-order valence-corrected chi connectivity index (χ4v) is 2.40. The summed E-state index contributed by atoms with van der Waals surface area (Å²) < 4.78 is 30.4. The average molecular weight is 314 g/mol. The van der Waals surface area contributed by atoms with Crippen LogP contribution in [0.3, 0.4) is 0 Å². The van der Waals surface area contributed by atoms with Crippen LogP contribution in [0.1, 0.15) is 31.7 Å². The van der Waals surface area contributed by atoms with Gasteiger partial charge in [0.2, 0.25) is 10.0 Å². The van der Waals surface area contributed by atoms with Gasteiger partial charge in [-0.25, -0.2) is 13.1 Å². The summed E-state index contributed by atoms with van der Waals surface area (Å²) >= 11 is 0. The van der Waals surface area contributed by atoms with Crippen LogP contribution in [0.2, 0.25) is 0 Å². The van der Waals surface area contributed by atoms with Gasteiger partial charge in [0.1, 0.15) is 5.75 Å². The molecule has 0 bridgehead atoms. The molecule has 0 saturated heterocycles. The van der Waals surface area contributed by atoms with Crippen molar-refractivity contribution in [3.63, 3.8) is 0 Å². The Morgan fingerprint density at radius 2 is 1.86 bits per heavy atom. The molecule has 1 rings (SSSR count). The third-order valence-corrected chi connectivity index (χ3v) is 4.49. The van der Waals surface area contributed by atoms with Gasteiger partial charge < -0.3 is 10.1 Å². The van der Waals surface area contributed by atoms with Crippen molar-refractivity contribution in [2.45, 2.75) is 32.7 Å². The lowest BCUT2D eigenvalue weighted by atomic mass is 10.2. The summed E-state index contributed by atoms with van der Waals surface area (Å²) in [4.78, 5) is 0. The molecule has 0 radical (unpaired) electrons. The van der Waals surface area contributed by atoms with Gasteiger partial charge in [0.15, 0.2) is 0 Å². The Hall–Kier alpha value is -1.11. The lowest BCUT2D eigenvalue weighted by molar-refractivity contribution is 0.306. The van der Waals surface area contributed by atoms with Gasteiger partial charge in [-0.15, -0.1) is 0 Å². The fraction of sp³-hybridized carbons (Fsp3) is 0.600. The summed E-state index contributed by atoms with van der Waals surface area (Å²) in [5, 5.41) is 3.11. The zero-order valence-corrected chi connectivity index (χ0v) is 13.7. The van der Waals surface area contributed by atoms with E-state index in [2.05, 4.69) is 17.0 Å². The molecular weight excluding hydrogens is 288 g/mol. The number of hydrogen-bond donors (Lipinski definition) is 2. The number of benzene rings is 1. The number of rotatable bonds is 11. The van der Waals surface area contributed by atoms with E-state index in [1.807, 2.05) is 24.3 Å². The van der Waals surface area contributed by atoms with Gasteiger partial charge in [-0.1, -0.05) is 31.9 Å². The minimum Gasteiger partial charge on any atom is -0.494 e. The largest absolute Gasteiger partial charge is 0.494 e. The first-order valence-corrected chi connectivity index (χ1v) is 9.06. The van der Waals surface area contributed by atoms with Crippen molar-refractivity contribution in [2.24, 2.45) is 0 Å². The number of unbranched alkanes of at least 4 members (excludes halogenated alkanes) is 2. The molecule has 0 fully saturated rings. The van der Waals surface area contributed by atoms with Crippen LogP contribution in [0.15, 0.2) is 24.3 Å². The number of sulfonamides is 1. The van der Waals surface area contributed by atoms with Gasteiger partial charge in [0.25, 0.3) is 0 Å². The second-order valence-electron chi connectivity index (χ2n) is 4.90. The van der Waals surface area contributed by atoms with Gasteiger partial charge in [-0.2, -0.15) is 0 Å². The van der Waals surface area contributed by atoms with Crippen LogP contribution in [0.25, 0.3) is 0 Å². The molecule has 2 N–H and O–H groups in total. The maximum Gasteiger partial charge on any atom is 0.212 e. The van der Waals surface area contributed by atoms with Gasteiger partial charge >= 0.3 is 0 Å². The van der Waals surface area contributed by atoms with Crippen molar-refractivity contribution in [3.8, 4) is 5.75 Å². The van der Waals surface area contributed by atoms with Gasteiger partial charge in [-0.3, -0.25) is 0 Å². The molecule has 0 amide bonds. The summed E-state index contributed by atoms with van der Waals surface area (Å²) in [6, 6.07) is 7.89. The smallest absolute Gasteiger partial charge is 0.212 e. The number of nitrogens with one attached hydrogen (secondary N) is 2. The van der Waals surface area contributed by atoms with E-state index in [1.165, 1.54) is 19.9 Å². The van der Waals surface area contributed by atoms with E-state index in [9.17, 15) is 8.42 Å². The SMILES string of the molecule is CCCCCOc1ccc(CNCCS(=O)(=O)NC)cc1. The maximum absolute atomic E-state index is 11.2. The Morgan fingerprint density at radius 3 is 2.48 bits per heavy atom. The lowest BCUT2D eigenvalue weighted by Gasteiger charge is -2.08. The van der Waals surface area contributed by atoms with Crippen LogP contribution in [0, 0.1) is 0 Å². The summed E-state index contributed by atoms with van der Waals surface area (Å²) in [5.74, 6) is 0.967. The van der Waals surface area contributed by atoms with E-state index in [1.54, 1.807) is 0 Å². The van der Waals surface area contributed by atoms with Crippen molar-refractivity contribution >= 4 is 10.0 Å². The van der Waals surface area contributed by atoms with Gasteiger partial charge in [0, 0.05) is 13.1 Å². The van der Waals surface area contributed by atoms with Gasteiger partial charge in [0.05, 0.1) is 12.4 Å². The molecule has 0 unspecified atom stereocenters. The van der Waals surface area contributed by atoms with Crippen molar-refractivity contribution in [1.82, 2.24) is 10.0 Å². The summed E-state index contributed by atoms with van der Waals surface area (Å²) in [6.45, 7) is 4.00. The Bertz CT molecular complexity index is 486. The molecule has 21 heavy (non-hydrogen) atoms. The fourth-order valence-electron chi connectivity index (χ4n) is 1.79. The summed E-state index contributed by atoms with van der Waals surface area (Å²) in [6.07, 6.45) is 3.47. The highest BCUT2D eigenvalue weighted by Gasteiger charge is 2.05. The standard InChI is InChI=1S/C15H26N2O3S/c1-3-4-5-11-20-15-8-6-14(7-9-15)13-17-10-12-21(18,19)16-2/h6-9,16-17H,3-5,10-13H2,1-2H3. The van der Waals surface area contributed by atoms with Crippen molar-refractivity contribution < 1.29 is 13.2 Å². The van der Waals surface area contributed by atoms with Crippen molar-refractivity contribution in [2.75, 3.05) is 26.0 Å². The summed E-state index contributed by atoms with van der Waals surface area (Å²) in [5.41, 5.74) is 1.11. The monoisotopic (exact) mass is 314 g/mol. The molecule has 0 aliphatic carbocycles. The zero-order chi connectivity index (χ0) is 15.6. The molecule has 120 valence electrons. The minimum absolute atomic E-state index is 0.0854. The van der Waals surface area contributed by atoms with Crippen LogP contribution in [-0.2, 0) is 16.6 Å². The number of hydrogen-bond acceptors (Lipinski definition) is 4. The van der Waals surface area contributed by atoms with E-state index < -0.39 is 10.0 Å². The van der Waals surface area contributed by atoms with E-state index in [-0.39, 0.29) is 5.75 Å². The highest BCUT2D eigenvalue weighted by molar-refractivity contribution is 7.89. The Balaban J connectivity index is 2.25. The molecule has 0 aromatic heterocycles. The summed E-state index contributed by atoms with van der Waals surface area (Å²) in [7, 11) is -1.70. The van der Waals surface area contributed by atoms with E-state index in [0.717, 1.165) is 24.3 Å². The first-order chi connectivity index (χ1) is 10.1. The highest BCUT2D eigenvalue weighted by atomic mass is 32.2. The first kappa shape index (κ1) is 17.9. The Morgan fingerprint density at radius 1 is 1.14 bits per heavy atom. The molecule has 0 atom stereocenters. The molecule has 0 spiro atoms. The van der Waals surface area contributed by atoms with Crippen LogP contribution in [-0.4, -0.2) is 34.4 Å². The highest BCUT2D eigenvalue weighted by Crippen LogP contribution is 2.12. The van der Waals surface area contributed by atoms with Crippen LogP contribution < -0.4 is 14.8 Å². The molecule has 0 heterocycles. The van der Waals surface area contributed by atoms with Crippen LogP contribution >= 0.6 is 0 Å². The quantitative estimate of drug-likeness (QED) is 0.612. The predicted molar refractivity (Wildman–Crippen MR) is 86.0 cm³/mol. The molecule has 0 aliphatic rings. The predicted octanol–water partition coefficient (Wildman–Crippen LogP) is 1.89. The van der Waals surface area contributed by atoms with E-state index in [4.69, 9.17) is 4.74 Å². The van der Waals surface area contributed by atoms with Gasteiger partial charge in [-0.05, 0) is 31.2 Å². The third kappa shape index (κ3) is 8.04. The molecule has 5 nitrogen and oxygen atoms in total. The molecule has 0 saturated carbocycles. The maximum atomic E-state index is 11.2. The average Bonchev–Trinajstić information content (AvgIpc) is 2.49. The third-order valence-electron chi connectivity index (χ3n) is 3.13. The van der Waals surface area contributed by atoms with E-state index in [0.29, 0.717) is 13.1 Å². The number of ether oxygens (including phenoxy) is 1. The molecular formula is C15H26N2O3S. The second-order valence-corrected chi connectivity index (χ2v) is 6.95. The first-order valence-electron chi connectivity index (χ1n) is 7.41. The normalized spacial score (nSPS) is 11.5. The van der Waals surface area contributed by atoms with Crippen LogP contribution in [0.5, 0.6) is 5.75 Å². The minimum atomic E-state index is -3.13. The zero-order valence-electron chi connectivity index (χ0n) is 12.9. The topological polar surface area (TPSA) is 67.4 Å². The van der Waals surface area contributed by atoms with Crippen molar-refractivity contribution in [1.29, 1.82) is 0 Å². The lowest BCUT2D eigenvalue weighted by Crippen LogP contribution is -2.29. The Labute approximate surface area is 128 Å². The Kier molecular flexibility index (Phi) is 8.34.